The molecule has 0 atom stereocenters. The van der Waals surface area contributed by atoms with Crippen LogP contribution in [0.25, 0.3) is 22.5 Å². The minimum Gasteiger partial charge on any atom is -0.252 e. The number of alkyl halides is 6. The first kappa shape index (κ1) is 25.9. The SMILES string of the molecule is CC1(C)c2cccc(n2)-c2ccc(C(F)(F)F)c(c2)C(C)(C)c2cccc(n2)-c2ccc(C(F)(F)F)c1c2. The van der Waals surface area contributed by atoms with Gasteiger partial charge in [-0.15, -0.1) is 0 Å². The van der Waals surface area contributed by atoms with Gasteiger partial charge in [0.2, 0.25) is 0 Å². The molecule has 2 aromatic heterocycles. The fourth-order valence-corrected chi connectivity index (χ4v) is 5.10. The molecule has 0 spiro atoms. The van der Waals surface area contributed by atoms with Crippen LogP contribution in [0.3, 0.4) is 0 Å². The molecule has 0 radical (unpaired) electrons. The monoisotopic (exact) mass is 526 g/mol. The first-order valence-corrected chi connectivity index (χ1v) is 12.0. The highest BCUT2D eigenvalue weighted by Crippen LogP contribution is 2.45. The van der Waals surface area contributed by atoms with Crippen LogP contribution in [0.1, 0.15) is 61.3 Å². The molecule has 0 saturated heterocycles. The van der Waals surface area contributed by atoms with E-state index >= 15 is 0 Å². The number of nitrogens with zero attached hydrogens (tertiary/aromatic N) is 2. The van der Waals surface area contributed by atoms with Crippen molar-refractivity contribution in [3.8, 4) is 22.5 Å². The Balaban J connectivity index is 1.91. The molecule has 196 valence electrons. The maximum atomic E-state index is 14.2. The second kappa shape index (κ2) is 8.41. The lowest BCUT2D eigenvalue weighted by molar-refractivity contribution is -0.139. The molecule has 4 aromatic rings. The summed E-state index contributed by atoms with van der Waals surface area (Å²) in [6, 6.07) is 17.6. The summed E-state index contributed by atoms with van der Waals surface area (Å²) in [5.74, 6) is 0. The van der Waals surface area contributed by atoms with E-state index in [-0.39, 0.29) is 11.1 Å². The molecule has 8 heteroatoms. The Labute approximate surface area is 216 Å². The van der Waals surface area contributed by atoms with E-state index in [9.17, 15) is 26.3 Å². The van der Waals surface area contributed by atoms with Gasteiger partial charge in [0.05, 0.1) is 33.9 Å². The normalized spacial score (nSPS) is 16.1. The van der Waals surface area contributed by atoms with Crippen molar-refractivity contribution in [3.63, 3.8) is 0 Å². The number of pyridine rings is 2. The number of fused-ring (bicyclic) bond motifs is 10. The van der Waals surface area contributed by atoms with Gasteiger partial charge in [0.1, 0.15) is 0 Å². The van der Waals surface area contributed by atoms with E-state index in [4.69, 9.17) is 0 Å². The molecule has 0 N–H and O–H groups in total. The predicted octanol–water partition coefficient (Wildman–Crippen LogP) is 8.81. The van der Waals surface area contributed by atoms with E-state index in [1.807, 2.05) is 0 Å². The Bertz CT molecular complexity index is 1430. The van der Waals surface area contributed by atoms with Gasteiger partial charge >= 0.3 is 12.4 Å². The van der Waals surface area contributed by atoms with E-state index in [1.54, 1.807) is 64.1 Å². The van der Waals surface area contributed by atoms with Crippen molar-refractivity contribution in [2.24, 2.45) is 0 Å². The third-order valence-electron chi connectivity index (χ3n) is 7.37. The molecular formula is C30H24F6N2. The van der Waals surface area contributed by atoms with Gasteiger partial charge in [0.25, 0.3) is 0 Å². The highest BCUT2D eigenvalue weighted by molar-refractivity contribution is 5.66. The quantitative estimate of drug-likeness (QED) is 0.214. The molecule has 1 aliphatic heterocycles. The summed E-state index contributed by atoms with van der Waals surface area (Å²) in [6.45, 7) is 6.63. The smallest absolute Gasteiger partial charge is 0.252 e. The molecule has 3 heterocycles. The average molecular weight is 527 g/mol. The largest absolute Gasteiger partial charge is 0.416 e. The Hall–Kier alpha value is -3.68. The molecule has 0 aliphatic carbocycles. The van der Waals surface area contributed by atoms with E-state index in [0.29, 0.717) is 33.9 Å². The van der Waals surface area contributed by atoms with Gasteiger partial charge in [-0.25, -0.2) is 0 Å². The van der Waals surface area contributed by atoms with Crippen molar-refractivity contribution in [1.29, 1.82) is 0 Å². The Morgan fingerprint density at radius 2 is 0.895 bits per heavy atom. The maximum absolute atomic E-state index is 14.2. The Kier molecular flexibility index (Phi) is 5.74. The van der Waals surface area contributed by atoms with Gasteiger partial charge < -0.3 is 0 Å². The zero-order chi connectivity index (χ0) is 27.7. The lowest BCUT2D eigenvalue weighted by atomic mass is 9.76. The molecule has 8 bridgehead atoms. The number of hydrogen-bond donors (Lipinski definition) is 0. The van der Waals surface area contributed by atoms with Crippen LogP contribution in [0.15, 0.2) is 72.8 Å². The van der Waals surface area contributed by atoms with Crippen LogP contribution in [0.5, 0.6) is 0 Å². The molecule has 0 fully saturated rings. The molecular weight excluding hydrogens is 502 g/mol. The number of hydrogen-bond acceptors (Lipinski definition) is 2. The van der Waals surface area contributed by atoms with Crippen molar-refractivity contribution in [2.75, 3.05) is 0 Å². The van der Waals surface area contributed by atoms with Crippen molar-refractivity contribution in [3.05, 3.63) is 106 Å². The summed E-state index contributed by atoms with van der Waals surface area (Å²) >= 11 is 0. The third kappa shape index (κ3) is 4.25. The van der Waals surface area contributed by atoms with Crippen molar-refractivity contribution >= 4 is 0 Å². The average Bonchev–Trinajstić information content (AvgIpc) is 2.86. The molecule has 5 rings (SSSR count). The molecule has 0 saturated carbocycles. The molecule has 1 aliphatic rings. The lowest BCUT2D eigenvalue weighted by Gasteiger charge is -2.31. The molecule has 2 aromatic carbocycles. The van der Waals surface area contributed by atoms with Crippen molar-refractivity contribution < 1.29 is 26.3 Å². The van der Waals surface area contributed by atoms with E-state index < -0.39 is 34.3 Å². The summed E-state index contributed by atoms with van der Waals surface area (Å²) in [4.78, 5) is 9.34. The first-order chi connectivity index (χ1) is 17.6. The van der Waals surface area contributed by atoms with Crippen LogP contribution < -0.4 is 0 Å². The summed E-state index contributed by atoms with van der Waals surface area (Å²) in [5.41, 5.74) is -1.57. The van der Waals surface area contributed by atoms with Crippen LogP contribution >= 0.6 is 0 Å². The molecule has 0 unspecified atom stereocenters. The Morgan fingerprint density at radius 1 is 0.526 bits per heavy atom. The topological polar surface area (TPSA) is 25.8 Å². The zero-order valence-electron chi connectivity index (χ0n) is 21.1. The maximum Gasteiger partial charge on any atom is 0.416 e. The summed E-state index contributed by atoms with van der Waals surface area (Å²) in [5, 5.41) is 0. The van der Waals surface area contributed by atoms with Crippen LogP contribution in [0, 0.1) is 0 Å². The lowest BCUT2D eigenvalue weighted by Crippen LogP contribution is -2.27. The fourth-order valence-electron chi connectivity index (χ4n) is 5.10. The Morgan fingerprint density at radius 3 is 1.24 bits per heavy atom. The second-order valence-electron chi connectivity index (χ2n) is 10.6. The highest BCUT2D eigenvalue weighted by Gasteiger charge is 2.41. The van der Waals surface area contributed by atoms with Gasteiger partial charge in [0, 0.05) is 22.0 Å². The summed E-state index contributed by atoms with van der Waals surface area (Å²) < 4.78 is 84.9. The molecule has 2 nitrogen and oxygen atoms in total. The van der Waals surface area contributed by atoms with E-state index in [2.05, 4.69) is 9.97 Å². The molecule has 38 heavy (non-hydrogen) atoms. The first-order valence-electron chi connectivity index (χ1n) is 12.0. The van der Waals surface area contributed by atoms with Gasteiger partial charge in [-0.2, -0.15) is 26.3 Å². The minimum absolute atomic E-state index is 0.0313. The summed E-state index contributed by atoms with van der Waals surface area (Å²) in [6.07, 6.45) is -9.21. The number of benzene rings is 2. The van der Waals surface area contributed by atoms with Crippen LogP contribution in [-0.2, 0) is 23.2 Å². The van der Waals surface area contributed by atoms with Gasteiger partial charge in [-0.05, 0) is 59.7 Å². The number of rotatable bonds is 0. The van der Waals surface area contributed by atoms with Crippen molar-refractivity contribution in [2.45, 2.75) is 50.9 Å². The van der Waals surface area contributed by atoms with Gasteiger partial charge in [-0.3, -0.25) is 9.97 Å². The highest BCUT2D eigenvalue weighted by atomic mass is 19.4. The fraction of sp³-hybridized carbons (Fsp3) is 0.267. The van der Waals surface area contributed by atoms with Crippen molar-refractivity contribution in [1.82, 2.24) is 9.97 Å². The van der Waals surface area contributed by atoms with Gasteiger partial charge in [0.15, 0.2) is 0 Å². The third-order valence-corrected chi connectivity index (χ3v) is 7.37. The second-order valence-corrected chi connectivity index (χ2v) is 10.6. The predicted molar refractivity (Wildman–Crippen MR) is 134 cm³/mol. The van der Waals surface area contributed by atoms with Crippen LogP contribution in [0.2, 0.25) is 0 Å². The molecule has 0 amide bonds. The number of aromatic nitrogens is 2. The van der Waals surface area contributed by atoms with E-state index in [1.165, 1.54) is 24.3 Å². The van der Waals surface area contributed by atoms with Gasteiger partial charge in [-0.1, -0.05) is 52.0 Å². The summed E-state index contributed by atoms with van der Waals surface area (Å²) in [7, 11) is 0. The zero-order valence-corrected chi connectivity index (χ0v) is 21.1. The van der Waals surface area contributed by atoms with Crippen LogP contribution in [-0.4, -0.2) is 9.97 Å². The van der Waals surface area contributed by atoms with Crippen LogP contribution in [0.4, 0.5) is 26.3 Å². The van der Waals surface area contributed by atoms with E-state index in [0.717, 1.165) is 12.1 Å². The number of halogens is 6. The standard InChI is InChI=1S/C30H24F6N2/c1-27(2)21-15-17(11-13-19(21)29(31,32)33)24-8-6-10-26(38-24)28(3,4)22-16-18(12-14-20(22)30(34,35)36)23-7-5-9-25(27)37-23/h5-16H,1-4H3. The minimum atomic E-state index is -4.60.